The van der Waals surface area contributed by atoms with E-state index in [9.17, 15) is 14.9 Å². The van der Waals surface area contributed by atoms with Crippen LogP contribution in [0.3, 0.4) is 0 Å². The molecule has 8 nitrogen and oxygen atoms in total. The van der Waals surface area contributed by atoms with Gasteiger partial charge in [0.25, 0.3) is 5.69 Å². The average Bonchev–Trinajstić information content (AvgIpc) is 2.60. The first-order chi connectivity index (χ1) is 13.2. The van der Waals surface area contributed by atoms with Gasteiger partial charge in [0, 0.05) is 12.1 Å². The van der Waals surface area contributed by atoms with Gasteiger partial charge in [-0.25, -0.2) is 19.7 Å². The molecule has 0 N–H and O–H groups in total. The molecule has 0 saturated carbocycles. The maximum absolute atomic E-state index is 13.0. The molecule has 0 radical (unpaired) electrons. The highest BCUT2D eigenvalue weighted by Crippen LogP contribution is 2.33. The first-order valence-corrected chi connectivity index (χ1v) is 8.64. The summed E-state index contributed by atoms with van der Waals surface area (Å²) in [5.41, 5.74) is 1.12. The number of hydrogen-bond donors (Lipinski definition) is 0. The Bertz CT molecular complexity index is 1060. The highest BCUT2D eigenvalue weighted by molar-refractivity contribution is 6.04. The molecular formula is C20H20N4O4. The van der Waals surface area contributed by atoms with Gasteiger partial charge in [0.2, 0.25) is 0 Å². The molecule has 144 valence electrons. The predicted molar refractivity (Wildman–Crippen MR) is 106 cm³/mol. The number of carbonyl (C=O) groups is 1. The number of fused-ring (bicyclic) bond motifs is 1. The average molecular weight is 380 g/mol. The lowest BCUT2D eigenvalue weighted by Crippen LogP contribution is -2.34. The molecule has 2 aromatic carbocycles. The molecule has 1 aromatic heterocycles. The smallest absolute Gasteiger partial charge is 0.420 e. The molecule has 0 unspecified atom stereocenters. The molecule has 1 heterocycles. The monoisotopic (exact) mass is 380 g/mol. The Hall–Kier alpha value is -3.55. The summed E-state index contributed by atoms with van der Waals surface area (Å²) in [5.74, 6) is 0.216. The molecule has 0 aliphatic heterocycles. The second-order valence-electron chi connectivity index (χ2n) is 7.31. The number of carbonyl (C=O) groups excluding carboxylic acids is 1. The zero-order chi connectivity index (χ0) is 20.5. The van der Waals surface area contributed by atoms with Crippen molar-refractivity contribution in [1.29, 1.82) is 0 Å². The van der Waals surface area contributed by atoms with Crippen molar-refractivity contribution in [3.05, 3.63) is 64.5 Å². The van der Waals surface area contributed by atoms with E-state index in [0.29, 0.717) is 16.6 Å². The molecule has 3 rings (SSSR count). The molecule has 1 amide bonds. The van der Waals surface area contributed by atoms with Gasteiger partial charge in [-0.1, -0.05) is 12.1 Å². The fraction of sp³-hybridized carbons (Fsp3) is 0.250. The third-order valence-corrected chi connectivity index (χ3v) is 3.86. The number of nitro groups is 1. The first-order valence-electron chi connectivity index (χ1n) is 8.64. The summed E-state index contributed by atoms with van der Waals surface area (Å²) in [6.45, 7) is 7.20. The molecule has 0 saturated heterocycles. The van der Waals surface area contributed by atoms with Crippen molar-refractivity contribution < 1.29 is 14.5 Å². The molecule has 0 atom stereocenters. The van der Waals surface area contributed by atoms with E-state index < -0.39 is 16.6 Å². The molecule has 0 fully saturated rings. The number of amides is 1. The van der Waals surface area contributed by atoms with E-state index in [2.05, 4.69) is 9.97 Å². The molecule has 0 spiro atoms. The SMILES string of the molecule is Cc1cccc(N(C(=O)OC(C)(C)C)c2ncnc3ccc([N+](=O)[O-])cc23)c1. The topological polar surface area (TPSA) is 98.5 Å². The number of hydrogen-bond acceptors (Lipinski definition) is 6. The number of ether oxygens (including phenoxy) is 1. The van der Waals surface area contributed by atoms with Crippen LogP contribution in [0, 0.1) is 17.0 Å². The van der Waals surface area contributed by atoms with E-state index in [-0.39, 0.29) is 11.5 Å². The van der Waals surface area contributed by atoms with Crippen LogP contribution in [-0.4, -0.2) is 26.6 Å². The minimum absolute atomic E-state index is 0.114. The normalized spacial score (nSPS) is 11.3. The summed E-state index contributed by atoms with van der Waals surface area (Å²) in [7, 11) is 0. The van der Waals surface area contributed by atoms with Crippen molar-refractivity contribution in [2.24, 2.45) is 0 Å². The quantitative estimate of drug-likeness (QED) is 0.472. The van der Waals surface area contributed by atoms with Crippen molar-refractivity contribution in [1.82, 2.24) is 9.97 Å². The highest BCUT2D eigenvalue weighted by atomic mass is 16.6. The third kappa shape index (κ3) is 4.06. The van der Waals surface area contributed by atoms with Crippen LogP contribution >= 0.6 is 0 Å². The number of anilines is 2. The van der Waals surface area contributed by atoms with E-state index in [1.54, 1.807) is 26.8 Å². The van der Waals surface area contributed by atoms with Crippen molar-refractivity contribution in [3.63, 3.8) is 0 Å². The molecular weight excluding hydrogens is 360 g/mol. The Balaban J connectivity index is 2.24. The van der Waals surface area contributed by atoms with Crippen molar-refractivity contribution >= 4 is 34.2 Å². The summed E-state index contributed by atoms with van der Waals surface area (Å²) < 4.78 is 5.57. The number of nitro benzene ring substituents is 1. The van der Waals surface area contributed by atoms with Gasteiger partial charge in [0.1, 0.15) is 11.9 Å². The number of benzene rings is 2. The van der Waals surface area contributed by atoms with Gasteiger partial charge >= 0.3 is 6.09 Å². The molecule has 0 aliphatic carbocycles. The first kappa shape index (κ1) is 19.2. The van der Waals surface area contributed by atoms with Gasteiger partial charge in [0.05, 0.1) is 21.5 Å². The minimum Gasteiger partial charge on any atom is -0.443 e. The lowest BCUT2D eigenvalue weighted by atomic mass is 10.1. The number of aromatic nitrogens is 2. The van der Waals surface area contributed by atoms with Crippen LogP contribution in [0.1, 0.15) is 26.3 Å². The summed E-state index contributed by atoms with van der Waals surface area (Å²) >= 11 is 0. The number of non-ortho nitro benzene ring substituents is 1. The number of nitrogens with zero attached hydrogens (tertiary/aromatic N) is 4. The van der Waals surface area contributed by atoms with Crippen molar-refractivity contribution in [2.45, 2.75) is 33.3 Å². The van der Waals surface area contributed by atoms with Gasteiger partial charge < -0.3 is 4.74 Å². The van der Waals surface area contributed by atoms with E-state index in [0.717, 1.165) is 5.56 Å². The summed E-state index contributed by atoms with van der Waals surface area (Å²) in [6.07, 6.45) is 0.682. The zero-order valence-electron chi connectivity index (χ0n) is 16.0. The Kier molecular flexibility index (Phi) is 4.96. The van der Waals surface area contributed by atoms with Crippen molar-refractivity contribution in [3.8, 4) is 0 Å². The maximum atomic E-state index is 13.0. The number of aryl methyl sites for hydroxylation is 1. The predicted octanol–water partition coefficient (Wildman–Crippen LogP) is 4.92. The lowest BCUT2D eigenvalue weighted by molar-refractivity contribution is -0.384. The molecule has 28 heavy (non-hydrogen) atoms. The van der Waals surface area contributed by atoms with Gasteiger partial charge in [-0.15, -0.1) is 0 Å². The minimum atomic E-state index is -0.728. The van der Waals surface area contributed by atoms with E-state index in [1.165, 1.54) is 29.4 Å². The molecule has 0 aliphatic rings. The standard InChI is InChI=1S/C20H20N4O4/c1-13-6-5-7-14(10-13)23(19(25)28-20(2,3)4)18-16-11-15(24(26)27)8-9-17(16)21-12-22-18/h5-12H,1-4H3. The van der Waals surface area contributed by atoms with Crippen LogP contribution in [0.15, 0.2) is 48.8 Å². The van der Waals surface area contributed by atoms with Gasteiger partial charge in [-0.2, -0.15) is 0 Å². The Morgan fingerprint density at radius 1 is 1.14 bits per heavy atom. The Labute approximate surface area is 161 Å². The van der Waals surface area contributed by atoms with Crippen LogP contribution < -0.4 is 4.90 Å². The van der Waals surface area contributed by atoms with E-state index in [4.69, 9.17) is 4.74 Å². The zero-order valence-corrected chi connectivity index (χ0v) is 16.0. The second-order valence-corrected chi connectivity index (χ2v) is 7.31. The van der Waals surface area contributed by atoms with Gasteiger partial charge in [-0.05, 0) is 51.5 Å². The van der Waals surface area contributed by atoms with Crippen molar-refractivity contribution in [2.75, 3.05) is 4.90 Å². The van der Waals surface area contributed by atoms with Crippen LogP contribution in [0.25, 0.3) is 10.9 Å². The molecule has 8 heteroatoms. The van der Waals surface area contributed by atoms with E-state index >= 15 is 0 Å². The second kappa shape index (κ2) is 7.22. The summed E-state index contributed by atoms with van der Waals surface area (Å²) in [6, 6.07) is 11.5. The molecule has 0 bridgehead atoms. The van der Waals surface area contributed by atoms with Gasteiger partial charge in [-0.3, -0.25) is 10.1 Å². The highest BCUT2D eigenvalue weighted by Gasteiger charge is 2.28. The fourth-order valence-corrected chi connectivity index (χ4v) is 2.71. The van der Waals surface area contributed by atoms with Gasteiger partial charge in [0.15, 0.2) is 5.82 Å². The summed E-state index contributed by atoms with van der Waals surface area (Å²) in [4.78, 5) is 33.5. The number of rotatable bonds is 3. The Morgan fingerprint density at radius 3 is 2.54 bits per heavy atom. The van der Waals surface area contributed by atoms with Crippen LogP contribution in [0.4, 0.5) is 22.0 Å². The molecule has 3 aromatic rings. The van der Waals surface area contributed by atoms with E-state index in [1.807, 2.05) is 25.1 Å². The van der Waals surface area contributed by atoms with Crippen LogP contribution in [0.5, 0.6) is 0 Å². The maximum Gasteiger partial charge on any atom is 0.420 e. The third-order valence-electron chi connectivity index (χ3n) is 3.86. The fourth-order valence-electron chi connectivity index (χ4n) is 2.71. The summed E-state index contributed by atoms with van der Waals surface area (Å²) in [5, 5.41) is 11.6. The van der Waals surface area contributed by atoms with Crippen LogP contribution in [0.2, 0.25) is 0 Å². The Morgan fingerprint density at radius 2 is 1.89 bits per heavy atom. The van der Waals surface area contributed by atoms with Crippen LogP contribution in [-0.2, 0) is 4.74 Å². The lowest BCUT2D eigenvalue weighted by Gasteiger charge is -2.27. The largest absolute Gasteiger partial charge is 0.443 e.